The molecule has 146 valence electrons. The first kappa shape index (κ1) is 20.5. The van der Waals surface area contributed by atoms with Gasteiger partial charge >= 0.3 is 0 Å². The molecule has 1 saturated heterocycles. The SMILES string of the molecule is COc1ccc(S(=O)(=O)N2CCN([C@H](C)C(=O)N(C)C)CC2)cc1OC. The number of hydrogen-bond donors (Lipinski definition) is 0. The number of rotatable bonds is 6. The van der Waals surface area contributed by atoms with Crippen molar-refractivity contribution in [1.29, 1.82) is 0 Å². The Bertz CT molecular complexity index is 743. The van der Waals surface area contributed by atoms with E-state index in [0.29, 0.717) is 37.7 Å². The average molecular weight is 385 g/mol. The molecule has 0 bridgehead atoms. The van der Waals surface area contributed by atoms with Crippen LogP contribution in [0.3, 0.4) is 0 Å². The fourth-order valence-electron chi connectivity index (χ4n) is 2.99. The molecule has 0 spiro atoms. The number of carbonyl (C=O) groups is 1. The second kappa shape index (κ2) is 8.24. The standard InChI is InChI=1S/C17H27N3O5S/c1-13(17(21)18(2)3)19-8-10-20(11-9-19)26(22,23)14-6-7-15(24-4)16(12-14)25-5/h6-7,12-13H,8-11H2,1-5H3/t13-/m1/s1. The minimum absolute atomic E-state index is 0.0150. The fraction of sp³-hybridized carbons (Fsp3) is 0.588. The zero-order valence-corrected chi connectivity index (χ0v) is 16.7. The maximum atomic E-state index is 12.9. The number of likely N-dealkylation sites (N-methyl/N-ethyl adjacent to an activating group) is 1. The van der Waals surface area contributed by atoms with E-state index in [1.165, 1.54) is 30.7 Å². The van der Waals surface area contributed by atoms with Crippen LogP contribution in [0.5, 0.6) is 11.5 Å². The van der Waals surface area contributed by atoms with Gasteiger partial charge in [-0.2, -0.15) is 4.31 Å². The molecule has 1 fully saturated rings. The third-order valence-electron chi connectivity index (χ3n) is 4.61. The van der Waals surface area contributed by atoms with Gasteiger partial charge in [-0.15, -0.1) is 0 Å². The molecular formula is C17H27N3O5S. The number of sulfonamides is 1. The molecule has 1 aliphatic rings. The number of carbonyl (C=O) groups excluding carboxylic acids is 1. The molecule has 2 rings (SSSR count). The van der Waals surface area contributed by atoms with Crippen LogP contribution in [0.15, 0.2) is 23.1 Å². The molecule has 0 unspecified atom stereocenters. The number of piperazine rings is 1. The third kappa shape index (κ3) is 4.11. The van der Waals surface area contributed by atoms with Crippen LogP contribution in [0, 0.1) is 0 Å². The van der Waals surface area contributed by atoms with Crippen molar-refractivity contribution >= 4 is 15.9 Å². The molecule has 1 amide bonds. The smallest absolute Gasteiger partial charge is 0.243 e. The molecule has 0 N–H and O–H groups in total. The van der Waals surface area contributed by atoms with E-state index >= 15 is 0 Å². The second-order valence-electron chi connectivity index (χ2n) is 6.37. The van der Waals surface area contributed by atoms with Gasteiger partial charge in [0.15, 0.2) is 11.5 Å². The quantitative estimate of drug-likeness (QED) is 0.709. The predicted molar refractivity (Wildman–Crippen MR) is 98.0 cm³/mol. The van der Waals surface area contributed by atoms with Crippen molar-refractivity contribution < 1.29 is 22.7 Å². The van der Waals surface area contributed by atoms with Gasteiger partial charge in [0.25, 0.3) is 0 Å². The van der Waals surface area contributed by atoms with Gasteiger partial charge in [0, 0.05) is 46.3 Å². The van der Waals surface area contributed by atoms with Crippen molar-refractivity contribution in [1.82, 2.24) is 14.1 Å². The highest BCUT2D eigenvalue weighted by atomic mass is 32.2. The monoisotopic (exact) mass is 385 g/mol. The number of amides is 1. The Hall–Kier alpha value is -1.84. The van der Waals surface area contributed by atoms with Gasteiger partial charge in [-0.1, -0.05) is 0 Å². The van der Waals surface area contributed by atoms with Crippen LogP contribution in [0.1, 0.15) is 6.92 Å². The van der Waals surface area contributed by atoms with Crippen LogP contribution in [0.25, 0.3) is 0 Å². The maximum Gasteiger partial charge on any atom is 0.243 e. The summed E-state index contributed by atoms with van der Waals surface area (Å²) >= 11 is 0. The summed E-state index contributed by atoms with van der Waals surface area (Å²) in [5.74, 6) is 0.867. The van der Waals surface area contributed by atoms with Crippen LogP contribution in [0.2, 0.25) is 0 Å². The number of hydrogen-bond acceptors (Lipinski definition) is 6. The largest absolute Gasteiger partial charge is 0.493 e. The van der Waals surface area contributed by atoms with E-state index in [1.54, 1.807) is 25.1 Å². The molecule has 9 heteroatoms. The van der Waals surface area contributed by atoms with E-state index in [2.05, 4.69) is 0 Å². The topological polar surface area (TPSA) is 79.4 Å². The molecular weight excluding hydrogens is 358 g/mol. The number of nitrogens with zero attached hydrogens (tertiary/aromatic N) is 3. The van der Waals surface area contributed by atoms with Crippen LogP contribution in [-0.2, 0) is 14.8 Å². The predicted octanol–water partition coefficient (Wildman–Crippen LogP) is 0.487. The van der Waals surface area contributed by atoms with E-state index in [4.69, 9.17) is 9.47 Å². The summed E-state index contributed by atoms with van der Waals surface area (Å²) in [5, 5.41) is 0. The van der Waals surface area contributed by atoms with E-state index in [9.17, 15) is 13.2 Å². The minimum atomic E-state index is -3.63. The normalized spacial score (nSPS) is 17.6. The molecule has 0 saturated carbocycles. The zero-order chi connectivity index (χ0) is 19.5. The third-order valence-corrected chi connectivity index (χ3v) is 6.51. The van der Waals surface area contributed by atoms with E-state index < -0.39 is 10.0 Å². The van der Waals surface area contributed by atoms with E-state index in [-0.39, 0.29) is 16.8 Å². The van der Waals surface area contributed by atoms with Gasteiger partial charge in [-0.3, -0.25) is 9.69 Å². The summed E-state index contributed by atoms with van der Waals surface area (Å²) in [4.78, 5) is 15.8. The Morgan fingerprint density at radius 3 is 2.15 bits per heavy atom. The Labute approximate surface area is 155 Å². The maximum absolute atomic E-state index is 12.9. The Morgan fingerprint density at radius 2 is 1.65 bits per heavy atom. The Balaban J connectivity index is 2.12. The lowest BCUT2D eigenvalue weighted by atomic mass is 10.2. The van der Waals surface area contributed by atoms with Crippen LogP contribution in [0.4, 0.5) is 0 Å². The van der Waals surface area contributed by atoms with Gasteiger partial charge in [0.2, 0.25) is 15.9 Å². The van der Waals surface area contributed by atoms with Crippen molar-refractivity contribution in [3.8, 4) is 11.5 Å². The summed E-state index contributed by atoms with van der Waals surface area (Å²) < 4.78 is 37.6. The van der Waals surface area contributed by atoms with Crippen molar-refractivity contribution in [2.75, 3.05) is 54.5 Å². The van der Waals surface area contributed by atoms with Crippen molar-refractivity contribution in [3.05, 3.63) is 18.2 Å². The van der Waals surface area contributed by atoms with Crippen molar-refractivity contribution in [3.63, 3.8) is 0 Å². The summed E-state index contributed by atoms with van der Waals surface area (Å²) in [6, 6.07) is 4.30. The second-order valence-corrected chi connectivity index (χ2v) is 8.30. The first-order valence-electron chi connectivity index (χ1n) is 8.39. The highest BCUT2D eigenvalue weighted by molar-refractivity contribution is 7.89. The van der Waals surface area contributed by atoms with E-state index in [1.807, 2.05) is 11.8 Å². The Kier molecular flexibility index (Phi) is 6.48. The number of benzene rings is 1. The Morgan fingerprint density at radius 1 is 1.08 bits per heavy atom. The molecule has 1 aromatic carbocycles. The summed E-state index contributed by atoms with van der Waals surface area (Å²) in [6.07, 6.45) is 0. The first-order valence-corrected chi connectivity index (χ1v) is 9.83. The van der Waals surface area contributed by atoms with Crippen LogP contribution < -0.4 is 9.47 Å². The molecule has 1 atom stereocenters. The van der Waals surface area contributed by atoms with Gasteiger partial charge in [0.1, 0.15) is 0 Å². The van der Waals surface area contributed by atoms with Gasteiger partial charge in [0.05, 0.1) is 25.2 Å². The lowest BCUT2D eigenvalue weighted by Crippen LogP contribution is -2.54. The molecule has 0 aromatic heterocycles. The first-order chi connectivity index (χ1) is 12.2. The molecule has 0 aliphatic carbocycles. The molecule has 26 heavy (non-hydrogen) atoms. The number of ether oxygens (including phenoxy) is 2. The highest BCUT2D eigenvalue weighted by Crippen LogP contribution is 2.31. The van der Waals surface area contributed by atoms with Crippen molar-refractivity contribution in [2.45, 2.75) is 17.9 Å². The summed E-state index contributed by atoms with van der Waals surface area (Å²) in [6.45, 7) is 3.53. The average Bonchev–Trinajstić information content (AvgIpc) is 2.66. The molecule has 1 aromatic rings. The molecule has 1 aliphatic heterocycles. The van der Waals surface area contributed by atoms with Crippen LogP contribution >= 0.6 is 0 Å². The highest BCUT2D eigenvalue weighted by Gasteiger charge is 2.32. The molecule has 0 radical (unpaired) electrons. The lowest BCUT2D eigenvalue weighted by Gasteiger charge is -2.37. The number of methoxy groups -OCH3 is 2. The molecule has 8 nitrogen and oxygen atoms in total. The van der Waals surface area contributed by atoms with E-state index in [0.717, 1.165) is 0 Å². The summed E-state index contributed by atoms with van der Waals surface area (Å²) in [5.41, 5.74) is 0. The van der Waals surface area contributed by atoms with Crippen molar-refractivity contribution in [2.24, 2.45) is 0 Å². The van der Waals surface area contributed by atoms with Gasteiger partial charge in [-0.05, 0) is 19.1 Å². The molecule has 1 heterocycles. The minimum Gasteiger partial charge on any atom is -0.493 e. The summed E-state index contributed by atoms with van der Waals surface area (Å²) in [7, 11) is 2.78. The van der Waals surface area contributed by atoms with Gasteiger partial charge in [-0.25, -0.2) is 8.42 Å². The lowest BCUT2D eigenvalue weighted by molar-refractivity contribution is -0.134. The van der Waals surface area contributed by atoms with Crippen LogP contribution in [-0.4, -0.2) is 89.0 Å². The fourth-order valence-corrected chi connectivity index (χ4v) is 4.43. The zero-order valence-electron chi connectivity index (χ0n) is 15.9. The van der Waals surface area contributed by atoms with Gasteiger partial charge < -0.3 is 14.4 Å².